The lowest BCUT2D eigenvalue weighted by Crippen LogP contribution is -2.31. The molecule has 64 valence electrons. The second-order valence-electron chi connectivity index (χ2n) is 2.43. The maximum Gasteiger partial charge on any atom is 0.323 e. The zero-order valence-corrected chi connectivity index (χ0v) is 8.54. The maximum absolute atomic E-state index is 11.0. The van der Waals surface area contributed by atoms with Crippen LogP contribution in [0.15, 0.2) is 0 Å². The quantitative estimate of drug-likeness (QED) is 0.538. The zero-order valence-electron chi connectivity index (χ0n) is 6.83. The lowest BCUT2D eigenvalue weighted by molar-refractivity contribution is -0.148. The molecule has 0 aromatic heterocycles. The minimum absolute atomic E-state index is 0.0615. The van der Waals surface area contributed by atoms with Gasteiger partial charge in [-0.2, -0.15) is 0 Å². The molecule has 0 amide bonds. The van der Waals surface area contributed by atoms with E-state index in [0.717, 1.165) is 0 Å². The van der Waals surface area contributed by atoms with Crippen LogP contribution in [0.2, 0.25) is 0 Å². The van der Waals surface area contributed by atoms with Crippen molar-refractivity contribution in [1.29, 1.82) is 0 Å². The molecule has 11 heavy (non-hydrogen) atoms. The van der Waals surface area contributed by atoms with E-state index in [1.807, 2.05) is 13.8 Å². The maximum atomic E-state index is 11.0. The minimum atomic E-state index is -0.309. The first-order valence-corrected chi connectivity index (χ1v) is 5.27. The number of ether oxygens (including phenoxy) is 1. The predicted octanol–water partition coefficient (Wildman–Crippen LogP) is 1.24. The molecule has 0 aliphatic heterocycles. The van der Waals surface area contributed by atoms with Crippen molar-refractivity contribution in [2.24, 2.45) is 0 Å². The number of hydrogen-bond acceptors (Lipinski definition) is 3. The molecule has 0 aromatic carbocycles. The summed E-state index contributed by atoms with van der Waals surface area (Å²) in [4.78, 5) is 11.0. The van der Waals surface area contributed by atoms with Gasteiger partial charge in [0, 0.05) is 0 Å². The number of carbonyl (C=O) groups excluding carboxylic acids is 1. The van der Waals surface area contributed by atoms with E-state index >= 15 is 0 Å². The first-order valence-electron chi connectivity index (χ1n) is 3.36. The Kier molecular flexibility index (Phi) is 5.56. The van der Waals surface area contributed by atoms with E-state index < -0.39 is 0 Å². The lowest BCUT2D eigenvalue weighted by atomic mass is 10.4. The lowest BCUT2D eigenvalue weighted by Gasteiger charge is -2.11. The van der Waals surface area contributed by atoms with Crippen LogP contribution in [0.1, 0.15) is 20.8 Å². The molecule has 1 atom stereocenters. The van der Waals surface area contributed by atoms with Gasteiger partial charge in [-0.3, -0.25) is 4.79 Å². The molecule has 0 saturated carbocycles. The van der Waals surface area contributed by atoms with Crippen LogP contribution in [-0.4, -0.2) is 18.1 Å². The average Bonchev–Trinajstić information content (AvgIpc) is 1.86. The zero-order chi connectivity index (χ0) is 8.85. The third-order valence-corrected chi connectivity index (χ3v) is 1.76. The normalized spacial score (nSPS) is 13.5. The van der Waals surface area contributed by atoms with Gasteiger partial charge in [-0.15, -0.1) is 0 Å². The Hall–Kier alpha value is -0.0500. The summed E-state index contributed by atoms with van der Waals surface area (Å²) in [6.07, 6.45) is -0.0615. The molecular formula is C6H12NO2PS. The van der Waals surface area contributed by atoms with Crippen LogP contribution in [0.4, 0.5) is 0 Å². The third-order valence-electron chi connectivity index (χ3n) is 0.952. The molecule has 5 heteroatoms. The second-order valence-corrected chi connectivity index (χ2v) is 3.42. The monoisotopic (exact) mass is 193 g/mol. The van der Waals surface area contributed by atoms with Gasteiger partial charge in [0.1, 0.15) is 6.04 Å². The molecule has 0 unspecified atom stereocenters. The number of hydrogen-bond donors (Lipinski definition) is 1. The molecule has 3 nitrogen and oxygen atoms in total. The van der Waals surface area contributed by atoms with E-state index in [2.05, 4.69) is 16.9 Å². The van der Waals surface area contributed by atoms with Crippen LogP contribution in [0.5, 0.6) is 0 Å². The van der Waals surface area contributed by atoms with Crippen molar-refractivity contribution >= 4 is 25.3 Å². The minimum Gasteiger partial charge on any atom is -0.462 e. The molecule has 0 aromatic rings. The van der Waals surface area contributed by atoms with Gasteiger partial charge in [0.05, 0.1) is 13.6 Å². The predicted molar refractivity (Wildman–Crippen MR) is 48.1 cm³/mol. The standard InChI is InChI=1S/C6H12NO2PS/c1-4(2)9-6(8)5(3)7-10-11/h4-5H,1-3H3,(H,7,11)/t5-/m1/s1. The van der Waals surface area contributed by atoms with Gasteiger partial charge in [0.2, 0.25) is 0 Å². The molecule has 0 rings (SSSR count). The Morgan fingerprint density at radius 3 is 2.45 bits per heavy atom. The topological polar surface area (TPSA) is 38.3 Å². The Bertz CT molecular complexity index is 152. The van der Waals surface area contributed by atoms with Crippen LogP contribution in [0.3, 0.4) is 0 Å². The molecule has 0 aliphatic rings. The summed E-state index contributed by atoms with van der Waals surface area (Å²) >= 11 is 4.61. The molecule has 0 spiro atoms. The molecular weight excluding hydrogens is 181 g/mol. The first-order chi connectivity index (χ1) is 5.07. The van der Waals surface area contributed by atoms with E-state index in [4.69, 9.17) is 4.74 Å². The van der Waals surface area contributed by atoms with Crippen LogP contribution in [-0.2, 0) is 21.3 Å². The van der Waals surface area contributed by atoms with Gasteiger partial charge in [-0.1, -0.05) is 0 Å². The van der Waals surface area contributed by atoms with Gasteiger partial charge in [-0.25, -0.2) is 5.09 Å². The fraction of sp³-hybridized carbons (Fsp3) is 0.833. The highest BCUT2D eigenvalue weighted by atomic mass is 32.4. The van der Waals surface area contributed by atoms with Gasteiger partial charge in [-0.05, 0) is 32.6 Å². The fourth-order valence-corrected chi connectivity index (χ4v) is 1.20. The van der Waals surface area contributed by atoms with Crippen LogP contribution in [0, 0.1) is 0 Å². The molecule has 0 saturated heterocycles. The molecule has 0 fully saturated rings. The highest BCUT2D eigenvalue weighted by molar-refractivity contribution is 7.95. The van der Waals surface area contributed by atoms with Crippen molar-refractivity contribution in [2.45, 2.75) is 32.9 Å². The summed E-state index contributed by atoms with van der Waals surface area (Å²) in [5.74, 6) is -0.252. The molecule has 0 heterocycles. The van der Waals surface area contributed by atoms with Crippen LogP contribution < -0.4 is 5.09 Å². The Balaban J connectivity index is 3.72. The summed E-state index contributed by atoms with van der Waals surface area (Å²) in [6, 6.07) is -0.309. The third kappa shape index (κ3) is 5.24. The van der Waals surface area contributed by atoms with Gasteiger partial charge >= 0.3 is 5.97 Å². The van der Waals surface area contributed by atoms with E-state index in [9.17, 15) is 4.79 Å². The van der Waals surface area contributed by atoms with Crippen molar-refractivity contribution in [3.8, 4) is 0 Å². The number of esters is 1. The second kappa shape index (κ2) is 5.58. The van der Waals surface area contributed by atoms with Crippen LogP contribution >= 0.6 is 7.51 Å². The van der Waals surface area contributed by atoms with E-state index in [-0.39, 0.29) is 18.1 Å². The van der Waals surface area contributed by atoms with Gasteiger partial charge in [0.25, 0.3) is 0 Å². The number of rotatable bonds is 4. The SMILES string of the molecule is CC(C)OC(=O)[C@@H](C)NP=S. The van der Waals surface area contributed by atoms with Crippen molar-refractivity contribution < 1.29 is 9.53 Å². The summed E-state index contributed by atoms with van der Waals surface area (Å²) in [7, 11) is 0.579. The summed E-state index contributed by atoms with van der Waals surface area (Å²) in [6.45, 7) is 5.36. The molecule has 0 bridgehead atoms. The van der Waals surface area contributed by atoms with Crippen molar-refractivity contribution in [1.82, 2.24) is 5.09 Å². The molecule has 1 N–H and O–H groups in total. The Morgan fingerprint density at radius 2 is 2.09 bits per heavy atom. The van der Waals surface area contributed by atoms with E-state index in [1.54, 1.807) is 6.92 Å². The van der Waals surface area contributed by atoms with E-state index in [1.165, 1.54) is 0 Å². The Labute approximate surface area is 73.4 Å². The van der Waals surface area contributed by atoms with Crippen molar-refractivity contribution in [3.05, 3.63) is 0 Å². The first kappa shape index (κ1) is 11.0. The number of carbonyl (C=O) groups is 1. The highest BCUT2D eigenvalue weighted by Gasteiger charge is 2.13. The summed E-state index contributed by atoms with van der Waals surface area (Å²) in [5, 5.41) is 2.76. The average molecular weight is 193 g/mol. The molecule has 0 radical (unpaired) electrons. The van der Waals surface area contributed by atoms with Crippen molar-refractivity contribution in [2.75, 3.05) is 0 Å². The highest BCUT2D eigenvalue weighted by Crippen LogP contribution is 1.96. The summed E-state index contributed by atoms with van der Waals surface area (Å²) in [5.41, 5.74) is 0. The number of nitrogens with one attached hydrogen (secondary N) is 1. The van der Waals surface area contributed by atoms with Gasteiger partial charge in [0.15, 0.2) is 0 Å². The molecule has 0 aliphatic carbocycles. The van der Waals surface area contributed by atoms with Gasteiger partial charge < -0.3 is 4.74 Å². The smallest absolute Gasteiger partial charge is 0.323 e. The summed E-state index contributed by atoms with van der Waals surface area (Å²) < 4.78 is 4.91. The largest absolute Gasteiger partial charge is 0.462 e. The fourth-order valence-electron chi connectivity index (χ4n) is 0.466. The van der Waals surface area contributed by atoms with E-state index in [0.29, 0.717) is 7.51 Å². The van der Waals surface area contributed by atoms with Crippen LogP contribution in [0.25, 0.3) is 0 Å². The Morgan fingerprint density at radius 1 is 1.55 bits per heavy atom. The van der Waals surface area contributed by atoms with Crippen molar-refractivity contribution in [3.63, 3.8) is 0 Å².